The highest BCUT2D eigenvalue weighted by Crippen LogP contribution is 2.48. The number of hydrogen-bond acceptors (Lipinski definition) is 5. The number of imide groups is 1. The maximum Gasteiger partial charge on any atom is 0.266 e. The van der Waals surface area contributed by atoms with Crippen LogP contribution in [0.5, 0.6) is 0 Å². The Morgan fingerprint density at radius 2 is 1.56 bits per heavy atom. The summed E-state index contributed by atoms with van der Waals surface area (Å²) in [5.41, 5.74) is 1.53. The third kappa shape index (κ3) is 3.67. The molecule has 0 aliphatic carbocycles. The third-order valence-electron chi connectivity index (χ3n) is 6.32. The van der Waals surface area contributed by atoms with E-state index in [0.717, 1.165) is 4.90 Å². The quantitative estimate of drug-likeness (QED) is 0.288. The number of hydrogen-bond donors (Lipinski definition) is 0. The predicted octanol–water partition coefficient (Wildman–Crippen LogP) is 6.44. The lowest BCUT2D eigenvalue weighted by Crippen LogP contribution is -2.37. The summed E-state index contributed by atoms with van der Waals surface area (Å²) in [6.45, 7) is 0. The molecule has 1 aromatic heterocycles. The zero-order chi connectivity index (χ0) is 25.0. The molecule has 6 nitrogen and oxygen atoms in total. The van der Waals surface area contributed by atoms with Crippen LogP contribution in [-0.4, -0.2) is 17.9 Å². The van der Waals surface area contributed by atoms with Gasteiger partial charge in [0.1, 0.15) is 29.3 Å². The maximum atomic E-state index is 13.6. The number of fused-ring (bicyclic) bond motifs is 1. The average molecular weight is 523 g/mol. The fraction of sp³-hybridized carbons (Fsp3) is 0.111. The van der Waals surface area contributed by atoms with Crippen molar-refractivity contribution in [2.24, 2.45) is 5.92 Å². The number of halogens is 3. The van der Waals surface area contributed by atoms with E-state index in [2.05, 4.69) is 0 Å². The number of rotatable bonds is 4. The molecule has 2 aliphatic rings. The Kier molecular flexibility index (Phi) is 5.56. The number of para-hydroxylation sites is 1. The first-order chi connectivity index (χ1) is 17.4. The van der Waals surface area contributed by atoms with Crippen LogP contribution in [0.3, 0.4) is 0 Å². The second-order valence-corrected chi connectivity index (χ2v) is 9.32. The molecule has 36 heavy (non-hydrogen) atoms. The molecule has 3 heterocycles. The van der Waals surface area contributed by atoms with E-state index >= 15 is 0 Å². The molecular formula is C27H17Cl2FN2O4. The molecule has 6 rings (SSSR count). The van der Waals surface area contributed by atoms with Gasteiger partial charge in [-0.2, -0.15) is 0 Å². The molecule has 180 valence electrons. The van der Waals surface area contributed by atoms with Crippen LogP contribution in [0, 0.1) is 11.7 Å². The largest absolute Gasteiger partial charge is 0.459 e. The van der Waals surface area contributed by atoms with E-state index in [1.807, 2.05) is 30.3 Å². The molecule has 2 amide bonds. The van der Waals surface area contributed by atoms with E-state index in [4.69, 9.17) is 32.5 Å². The number of nitrogens with zero attached hydrogens (tertiary/aromatic N) is 2. The lowest BCUT2D eigenvalue weighted by Gasteiger charge is -2.27. The predicted molar refractivity (Wildman–Crippen MR) is 133 cm³/mol. The summed E-state index contributed by atoms with van der Waals surface area (Å²) in [5, 5.41) is 2.49. The van der Waals surface area contributed by atoms with Gasteiger partial charge in [-0.1, -0.05) is 41.4 Å². The topological polar surface area (TPSA) is 63.0 Å². The monoisotopic (exact) mass is 522 g/mol. The maximum absolute atomic E-state index is 13.6. The molecule has 3 atom stereocenters. The van der Waals surface area contributed by atoms with Crippen LogP contribution < -0.4 is 9.96 Å². The first-order valence-electron chi connectivity index (χ1n) is 11.1. The fourth-order valence-electron chi connectivity index (χ4n) is 4.69. The molecule has 2 fully saturated rings. The van der Waals surface area contributed by atoms with Crippen molar-refractivity contribution in [2.45, 2.75) is 12.1 Å². The molecule has 0 saturated carbocycles. The second-order valence-electron chi connectivity index (χ2n) is 8.47. The van der Waals surface area contributed by atoms with Gasteiger partial charge in [0, 0.05) is 10.6 Å². The molecule has 3 aromatic carbocycles. The smallest absolute Gasteiger partial charge is 0.266 e. The minimum absolute atomic E-state index is 0.278. The standard InChI is InChI=1S/C27H17Cl2FN2O4/c28-15-6-11-20(29)19(14-15)21-12-13-22(35-21)24-23-25(36-32(24)18-4-2-1-3-5-18)27(34)31(26(23)33)17-9-7-16(30)8-10-17/h1-14,23-25H/t23-,24+,25+/m0/s1. The molecule has 2 saturated heterocycles. The molecule has 4 aromatic rings. The van der Waals surface area contributed by atoms with Crippen molar-refractivity contribution < 1.29 is 23.2 Å². The van der Waals surface area contributed by atoms with Gasteiger partial charge in [-0.15, -0.1) is 0 Å². The van der Waals surface area contributed by atoms with Crippen LogP contribution >= 0.6 is 23.2 Å². The van der Waals surface area contributed by atoms with Gasteiger partial charge in [0.15, 0.2) is 6.10 Å². The van der Waals surface area contributed by atoms with Crippen LogP contribution in [0.15, 0.2) is 89.3 Å². The number of furan rings is 1. The summed E-state index contributed by atoms with van der Waals surface area (Å²) < 4.78 is 19.7. The zero-order valence-electron chi connectivity index (χ0n) is 18.5. The molecule has 0 bridgehead atoms. The summed E-state index contributed by atoms with van der Waals surface area (Å²) in [5.74, 6) is -1.47. The molecule has 0 N–H and O–H groups in total. The van der Waals surface area contributed by atoms with E-state index < -0.39 is 35.7 Å². The van der Waals surface area contributed by atoms with Gasteiger partial charge < -0.3 is 4.42 Å². The lowest BCUT2D eigenvalue weighted by atomic mass is 9.94. The average Bonchev–Trinajstić information content (AvgIpc) is 3.57. The number of amides is 2. The molecule has 2 aliphatic heterocycles. The van der Waals surface area contributed by atoms with E-state index in [1.165, 1.54) is 29.3 Å². The number of benzene rings is 3. The van der Waals surface area contributed by atoms with E-state index in [-0.39, 0.29) is 5.69 Å². The van der Waals surface area contributed by atoms with Crippen LogP contribution in [0.25, 0.3) is 11.3 Å². The Morgan fingerprint density at radius 3 is 2.31 bits per heavy atom. The second kappa shape index (κ2) is 8.78. The van der Waals surface area contributed by atoms with Crippen molar-refractivity contribution in [3.63, 3.8) is 0 Å². The van der Waals surface area contributed by atoms with Crippen molar-refractivity contribution in [2.75, 3.05) is 9.96 Å². The minimum Gasteiger partial charge on any atom is -0.459 e. The Hall–Kier alpha value is -3.65. The molecule has 0 spiro atoms. The van der Waals surface area contributed by atoms with E-state index in [9.17, 15) is 14.0 Å². The highest BCUT2D eigenvalue weighted by atomic mass is 35.5. The number of hydroxylamine groups is 1. The van der Waals surface area contributed by atoms with Gasteiger partial charge in [-0.3, -0.25) is 14.4 Å². The molecular weight excluding hydrogens is 506 g/mol. The molecule has 9 heteroatoms. The SMILES string of the molecule is O=C1[C@H]2[C@@H](c3ccc(-c4cc(Cl)ccc4Cl)o3)N(c3ccccc3)O[C@H]2C(=O)N1c1ccc(F)cc1. The Labute approximate surface area is 215 Å². The molecule has 0 unspecified atom stereocenters. The molecule has 0 radical (unpaired) electrons. The summed E-state index contributed by atoms with van der Waals surface area (Å²) in [6.07, 6.45) is -1.07. The van der Waals surface area contributed by atoms with Crippen LogP contribution in [0.2, 0.25) is 10.0 Å². The van der Waals surface area contributed by atoms with E-state index in [1.54, 1.807) is 30.3 Å². The van der Waals surface area contributed by atoms with Crippen molar-refractivity contribution in [3.05, 3.63) is 107 Å². The Bertz CT molecular complexity index is 1470. The minimum atomic E-state index is -1.07. The van der Waals surface area contributed by atoms with Gasteiger partial charge in [0.25, 0.3) is 5.91 Å². The zero-order valence-corrected chi connectivity index (χ0v) is 20.0. The van der Waals surface area contributed by atoms with Crippen molar-refractivity contribution in [1.82, 2.24) is 0 Å². The highest BCUT2D eigenvalue weighted by molar-refractivity contribution is 6.35. The summed E-state index contributed by atoms with van der Waals surface area (Å²) in [7, 11) is 0. The van der Waals surface area contributed by atoms with Crippen molar-refractivity contribution in [3.8, 4) is 11.3 Å². The highest BCUT2D eigenvalue weighted by Gasteiger charge is 2.61. The Balaban J connectivity index is 1.43. The third-order valence-corrected chi connectivity index (χ3v) is 6.89. The van der Waals surface area contributed by atoms with Crippen molar-refractivity contribution >= 4 is 46.4 Å². The van der Waals surface area contributed by atoms with Crippen LogP contribution in [0.4, 0.5) is 15.8 Å². The van der Waals surface area contributed by atoms with E-state index in [0.29, 0.717) is 32.8 Å². The summed E-state index contributed by atoms with van der Waals surface area (Å²) >= 11 is 12.5. The van der Waals surface area contributed by atoms with Gasteiger partial charge in [0.05, 0.1) is 16.4 Å². The first-order valence-corrected chi connectivity index (χ1v) is 11.9. The number of carbonyl (C=O) groups is 2. The van der Waals surface area contributed by atoms with Crippen LogP contribution in [0.1, 0.15) is 11.8 Å². The van der Waals surface area contributed by atoms with Gasteiger partial charge in [-0.05, 0) is 66.7 Å². The van der Waals surface area contributed by atoms with Crippen LogP contribution in [-0.2, 0) is 14.4 Å². The van der Waals surface area contributed by atoms with Crippen molar-refractivity contribution in [1.29, 1.82) is 0 Å². The van der Waals surface area contributed by atoms with Gasteiger partial charge >= 0.3 is 0 Å². The normalized spacial score (nSPS) is 21.4. The summed E-state index contributed by atoms with van der Waals surface area (Å²) in [6, 6.07) is 22.1. The summed E-state index contributed by atoms with van der Waals surface area (Å²) in [4.78, 5) is 34.1. The number of anilines is 2. The van der Waals surface area contributed by atoms with Gasteiger partial charge in [0.2, 0.25) is 5.91 Å². The fourth-order valence-corrected chi connectivity index (χ4v) is 5.07. The number of carbonyl (C=O) groups excluding carboxylic acids is 2. The lowest BCUT2D eigenvalue weighted by molar-refractivity contribution is -0.126. The Morgan fingerprint density at radius 1 is 0.806 bits per heavy atom. The first kappa shape index (κ1) is 22.8. The van der Waals surface area contributed by atoms with Gasteiger partial charge in [-0.25, -0.2) is 14.4 Å².